The molecule has 0 radical (unpaired) electrons. The van der Waals surface area contributed by atoms with Gasteiger partial charge >= 0.3 is 0 Å². The van der Waals surface area contributed by atoms with Gasteiger partial charge in [0.25, 0.3) is 0 Å². The lowest BCUT2D eigenvalue weighted by Gasteiger charge is -2.22. The highest BCUT2D eigenvalue weighted by Gasteiger charge is 2.37. The van der Waals surface area contributed by atoms with E-state index in [0.29, 0.717) is 0 Å². The summed E-state index contributed by atoms with van der Waals surface area (Å²) in [5.41, 5.74) is 25.4. The van der Waals surface area contributed by atoms with Gasteiger partial charge in [0.15, 0.2) is 0 Å². The monoisotopic (exact) mass is 956 g/mol. The summed E-state index contributed by atoms with van der Waals surface area (Å²) in [6.07, 6.45) is 0. The van der Waals surface area contributed by atoms with Crippen molar-refractivity contribution in [1.82, 2.24) is 0 Å². The Kier molecular flexibility index (Phi) is 8.65. The summed E-state index contributed by atoms with van der Waals surface area (Å²) in [6.45, 7) is 0. The molecule has 76 heavy (non-hydrogen) atoms. The number of fused-ring (bicyclic) bond motifs is 10. The average molecular weight is 957 g/mol. The molecule has 0 aromatic heterocycles. The van der Waals surface area contributed by atoms with Crippen molar-refractivity contribution in [1.29, 1.82) is 0 Å². The minimum atomic E-state index is 1.21. The van der Waals surface area contributed by atoms with Crippen molar-refractivity contribution >= 4 is 64.6 Å². The molecule has 348 valence electrons. The highest BCUT2D eigenvalue weighted by atomic mass is 14.4. The third-order valence-electron chi connectivity index (χ3n) is 17.0. The highest BCUT2D eigenvalue weighted by Crippen LogP contribution is 2.65. The van der Waals surface area contributed by atoms with Crippen molar-refractivity contribution in [3.63, 3.8) is 0 Å². The van der Waals surface area contributed by atoms with Crippen LogP contribution in [-0.4, -0.2) is 0 Å². The summed E-state index contributed by atoms with van der Waals surface area (Å²) in [5, 5.41) is 15.6. The van der Waals surface area contributed by atoms with Crippen LogP contribution >= 0.6 is 0 Å². The van der Waals surface area contributed by atoms with Gasteiger partial charge in [0.1, 0.15) is 0 Å². The maximum atomic E-state index is 2.58. The van der Waals surface area contributed by atoms with Crippen LogP contribution in [0.1, 0.15) is 0 Å². The van der Waals surface area contributed by atoms with Crippen molar-refractivity contribution in [2.75, 3.05) is 0 Å². The van der Waals surface area contributed by atoms with Gasteiger partial charge in [0.2, 0.25) is 0 Å². The van der Waals surface area contributed by atoms with Crippen LogP contribution in [0.3, 0.4) is 0 Å². The van der Waals surface area contributed by atoms with E-state index < -0.39 is 0 Å². The normalized spacial score (nSPS) is 12.2. The molecule has 0 atom stereocenters. The van der Waals surface area contributed by atoms with Gasteiger partial charge in [-0.3, -0.25) is 0 Å². The maximum Gasteiger partial charge on any atom is -0.000136 e. The second-order valence-corrected chi connectivity index (χ2v) is 20.8. The van der Waals surface area contributed by atoms with Gasteiger partial charge in [-0.15, -0.1) is 0 Å². The predicted octanol–water partition coefficient (Wildman–Crippen LogP) is 21.3. The molecule has 0 fully saturated rings. The van der Waals surface area contributed by atoms with Crippen molar-refractivity contribution < 1.29 is 0 Å². The molecule has 0 nitrogen and oxygen atoms in total. The van der Waals surface area contributed by atoms with E-state index in [9.17, 15) is 0 Å². The van der Waals surface area contributed by atoms with E-state index in [0.717, 1.165) is 0 Å². The predicted molar refractivity (Wildman–Crippen MR) is 324 cm³/mol. The molecule has 0 bridgehead atoms. The van der Waals surface area contributed by atoms with E-state index in [4.69, 9.17) is 0 Å². The molecule has 0 N–H and O–H groups in total. The Morgan fingerprint density at radius 3 is 0.711 bits per heavy atom. The molecular formula is C76H44. The highest BCUT2D eigenvalue weighted by molar-refractivity contribution is 6.45. The van der Waals surface area contributed by atoms with Gasteiger partial charge < -0.3 is 0 Å². The second kappa shape index (κ2) is 15.8. The Morgan fingerprint density at radius 1 is 0.132 bits per heavy atom. The van der Waals surface area contributed by atoms with E-state index in [2.05, 4.69) is 267 Å². The van der Waals surface area contributed by atoms with Crippen LogP contribution in [0.4, 0.5) is 0 Å². The van der Waals surface area contributed by atoms with Crippen molar-refractivity contribution in [2.45, 2.75) is 0 Å². The van der Waals surface area contributed by atoms with Crippen LogP contribution in [-0.2, 0) is 0 Å². The molecule has 0 unspecified atom stereocenters. The molecule has 2 aliphatic rings. The third-order valence-corrected chi connectivity index (χ3v) is 17.0. The Balaban J connectivity index is 1.11. The van der Waals surface area contributed by atoms with Crippen LogP contribution in [0, 0.1) is 0 Å². The fourth-order valence-electron chi connectivity index (χ4n) is 14.2. The largest absolute Gasteiger partial charge is 0.0622 e. The molecule has 0 amide bonds. The van der Waals surface area contributed by atoms with Crippen LogP contribution < -0.4 is 0 Å². The average Bonchev–Trinajstić information content (AvgIpc) is 4.20. The van der Waals surface area contributed by atoms with Crippen molar-refractivity contribution in [3.05, 3.63) is 267 Å². The topological polar surface area (TPSA) is 0 Å². The number of rotatable bonds is 6. The van der Waals surface area contributed by atoms with Gasteiger partial charge in [-0.05, 0) is 188 Å². The van der Waals surface area contributed by atoms with E-state index in [-0.39, 0.29) is 0 Å². The van der Waals surface area contributed by atoms with Gasteiger partial charge in [-0.25, -0.2) is 0 Å². The Morgan fingerprint density at radius 2 is 0.395 bits per heavy atom. The zero-order chi connectivity index (χ0) is 49.6. The smallest absolute Gasteiger partial charge is 0.000136 e. The first kappa shape index (κ1) is 41.6. The zero-order valence-corrected chi connectivity index (χ0v) is 41.4. The molecular weight excluding hydrogens is 913 g/mol. The zero-order valence-electron chi connectivity index (χ0n) is 41.4. The summed E-state index contributed by atoms with van der Waals surface area (Å²) in [7, 11) is 0. The third kappa shape index (κ3) is 5.57. The van der Waals surface area contributed by atoms with Gasteiger partial charge in [0, 0.05) is 0 Å². The molecule has 15 aromatic rings. The SMILES string of the molecule is c1ccc(-c2c3c(c(-c4ccccc4)c4ccccc24)-c2ccc4c5c(-c6ccccc6)cc6c7c(cc(-c8ccccc8)c(c8ccc-3c2c84)c75)-c2c-6c(-c3ccccc3)c3ccccc3c2-c2ccccc2)cc1. The molecule has 0 spiro atoms. The number of benzene rings is 15. The number of hydrogen-bond donors (Lipinski definition) is 0. The van der Waals surface area contributed by atoms with Crippen LogP contribution in [0.15, 0.2) is 267 Å². The maximum absolute atomic E-state index is 2.58. The molecule has 17 rings (SSSR count). The van der Waals surface area contributed by atoms with Gasteiger partial charge in [-0.2, -0.15) is 0 Å². The fraction of sp³-hybridized carbons (Fsp3) is 0. The minimum Gasteiger partial charge on any atom is -0.0622 e. The second-order valence-electron chi connectivity index (χ2n) is 20.8. The molecule has 0 heteroatoms. The molecule has 2 aliphatic carbocycles. The lowest BCUT2D eigenvalue weighted by Crippen LogP contribution is -1.94. The van der Waals surface area contributed by atoms with Crippen LogP contribution in [0.2, 0.25) is 0 Å². The summed E-state index contributed by atoms with van der Waals surface area (Å²) in [4.78, 5) is 0. The Labute approximate surface area is 440 Å². The summed E-state index contributed by atoms with van der Waals surface area (Å²) in [6, 6.07) is 100. The van der Waals surface area contributed by atoms with E-state index >= 15 is 0 Å². The van der Waals surface area contributed by atoms with Crippen molar-refractivity contribution in [2.24, 2.45) is 0 Å². The van der Waals surface area contributed by atoms with E-state index in [1.165, 1.54) is 176 Å². The summed E-state index contributed by atoms with van der Waals surface area (Å²) in [5.74, 6) is 0. The fourth-order valence-corrected chi connectivity index (χ4v) is 14.2. The van der Waals surface area contributed by atoms with E-state index in [1.807, 2.05) is 0 Å². The van der Waals surface area contributed by atoms with Crippen LogP contribution in [0.25, 0.3) is 176 Å². The van der Waals surface area contributed by atoms with Crippen LogP contribution in [0.5, 0.6) is 0 Å². The first-order valence-electron chi connectivity index (χ1n) is 26.6. The summed E-state index contributed by atoms with van der Waals surface area (Å²) >= 11 is 0. The van der Waals surface area contributed by atoms with Gasteiger partial charge in [0.05, 0.1) is 0 Å². The summed E-state index contributed by atoms with van der Waals surface area (Å²) < 4.78 is 0. The Hall–Kier alpha value is -9.88. The molecule has 0 saturated heterocycles. The first-order chi connectivity index (χ1) is 37.8. The van der Waals surface area contributed by atoms with Gasteiger partial charge in [-0.1, -0.05) is 255 Å². The quantitative estimate of drug-likeness (QED) is 0.115. The molecule has 0 heterocycles. The molecule has 15 aromatic carbocycles. The first-order valence-corrected chi connectivity index (χ1v) is 26.6. The minimum absolute atomic E-state index is 1.21. The standard InChI is InChI=1S/C76H44/c1-7-23-45(24-8-1)59-43-61-71-62(75-66(50-33-17-6-18-34-50)54-38-22-21-37-53(54)65(74(61)75)49-31-15-5-16-32-49)44-60(46-25-9-2-10-26-46)70-56-40-42-58-68-57(41-39-55(67(56)68)69(59)76(70)71)72-63(47-27-11-3-12-28-47)51-35-19-20-36-52(51)64(73(58)72)48-29-13-4-14-30-48/h1-44H. The lowest BCUT2D eigenvalue weighted by molar-refractivity contribution is 1.62. The van der Waals surface area contributed by atoms with Crippen molar-refractivity contribution in [3.8, 4) is 111 Å². The molecule has 0 aliphatic heterocycles. The number of hydrogen-bond acceptors (Lipinski definition) is 0. The van der Waals surface area contributed by atoms with E-state index in [1.54, 1.807) is 0 Å². The Bertz CT molecular complexity index is 4600. The lowest BCUT2D eigenvalue weighted by atomic mass is 9.80. The molecule has 0 saturated carbocycles.